The second kappa shape index (κ2) is 6.03. The second-order valence-corrected chi connectivity index (χ2v) is 8.71. The van der Waals surface area contributed by atoms with Crippen molar-refractivity contribution in [2.24, 2.45) is 0 Å². The highest BCUT2D eigenvalue weighted by molar-refractivity contribution is 9.10. The average Bonchev–Trinajstić information content (AvgIpc) is 2.86. The van der Waals surface area contributed by atoms with Gasteiger partial charge in [-0.25, -0.2) is 0 Å². The van der Waals surface area contributed by atoms with Crippen molar-refractivity contribution in [2.45, 2.75) is 38.5 Å². The minimum atomic E-state index is -4.22. The van der Waals surface area contributed by atoms with E-state index in [2.05, 4.69) is 42.4 Å². The summed E-state index contributed by atoms with van der Waals surface area (Å²) in [6.45, 7) is 10.1. The third-order valence-corrected chi connectivity index (χ3v) is 6.12. The van der Waals surface area contributed by atoms with Crippen molar-refractivity contribution < 1.29 is 17.8 Å². The quantitative estimate of drug-likeness (QED) is 0.409. The number of hydrogen-bond acceptors (Lipinski definition) is 1. The lowest BCUT2D eigenvalue weighted by atomic mass is 9.73. The van der Waals surface area contributed by atoms with Gasteiger partial charge >= 0.3 is 7.04 Å². The van der Waals surface area contributed by atoms with E-state index in [0.29, 0.717) is 29.3 Å². The van der Waals surface area contributed by atoms with Crippen LogP contribution >= 0.6 is 15.9 Å². The molecule has 0 spiro atoms. The number of allylic oxidation sites excluding steroid dienone is 1. The van der Waals surface area contributed by atoms with Crippen molar-refractivity contribution in [3.8, 4) is 5.75 Å². The van der Waals surface area contributed by atoms with Crippen LogP contribution in [-0.4, -0.2) is 17.2 Å². The Morgan fingerprint density at radius 1 is 1.26 bits per heavy atom. The maximum absolute atomic E-state index is 15.2. The van der Waals surface area contributed by atoms with Gasteiger partial charge < -0.3 is 17.8 Å². The van der Waals surface area contributed by atoms with Crippen molar-refractivity contribution in [3.05, 3.63) is 70.2 Å². The predicted octanol–water partition coefficient (Wildman–Crippen LogP) is 6.32. The molecule has 0 aliphatic carbocycles. The molecule has 2 aliphatic rings. The fourth-order valence-corrected chi connectivity index (χ4v) is 4.67. The summed E-state index contributed by atoms with van der Waals surface area (Å²) >= 11 is 3.47. The van der Waals surface area contributed by atoms with Gasteiger partial charge in [0.25, 0.3) is 0 Å². The summed E-state index contributed by atoms with van der Waals surface area (Å²) in [4.78, 5) is 0. The van der Waals surface area contributed by atoms with E-state index in [0.717, 1.165) is 20.1 Å². The highest BCUT2D eigenvalue weighted by Crippen LogP contribution is 2.50. The number of halogens is 3. The van der Waals surface area contributed by atoms with E-state index in [1.807, 2.05) is 19.1 Å². The Morgan fingerprint density at radius 2 is 2.00 bits per heavy atom. The first-order chi connectivity index (χ1) is 12.7. The molecule has 0 saturated heterocycles. The Hall–Kier alpha value is -1.95. The summed E-state index contributed by atoms with van der Waals surface area (Å²) in [5, 5.41) is 0. The molecule has 6 heteroatoms. The second-order valence-electron chi connectivity index (χ2n) is 7.79. The lowest BCUT2D eigenvalue weighted by Gasteiger charge is -2.32. The van der Waals surface area contributed by atoms with Gasteiger partial charge in [0.05, 0.1) is 16.7 Å². The first-order valence-corrected chi connectivity index (χ1v) is 9.90. The van der Waals surface area contributed by atoms with Crippen molar-refractivity contribution in [3.63, 3.8) is 0 Å². The molecular formula is C21H21BBrF2NO. The van der Waals surface area contributed by atoms with Gasteiger partial charge in [-0.2, -0.15) is 0 Å². The van der Waals surface area contributed by atoms with Crippen molar-refractivity contribution in [1.29, 1.82) is 0 Å². The van der Waals surface area contributed by atoms with Crippen molar-refractivity contribution in [2.75, 3.05) is 0 Å². The van der Waals surface area contributed by atoms with Crippen LogP contribution in [0, 0.1) is 0 Å². The van der Waals surface area contributed by atoms with Gasteiger partial charge in [0.15, 0.2) is 11.4 Å². The zero-order chi connectivity index (χ0) is 19.6. The minimum absolute atomic E-state index is 0.224. The molecule has 2 heterocycles. The Morgan fingerprint density at radius 3 is 2.67 bits per heavy atom. The van der Waals surface area contributed by atoms with Crippen LogP contribution in [0.1, 0.15) is 49.8 Å². The Balaban J connectivity index is 2.08. The van der Waals surface area contributed by atoms with Crippen LogP contribution in [0.25, 0.3) is 0 Å². The molecule has 0 saturated carbocycles. The maximum Gasteiger partial charge on any atom is 0.834 e. The lowest BCUT2D eigenvalue weighted by molar-refractivity contribution is -0.346. The van der Waals surface area contributed by atoms with Crippen molar-refractivity contribution >= 4 is 34.4 Å². The topological polar surface area (TPSA) is 12.2 Å². The average molecular weight is 432 g/mol. The molecular weight excluding hydrogens is 411 g/mol. The SMILES string of the molecule is C=CCC1(C)C2=[N+](c3ccc(C(C)C)cc31)[B-](F)(F)Oc1ccc(Br)cc12. The number of hydrogen-bond donors (Lipinski definition) is 0. The predicted molar refractivity (Wildman–Crippen MR) is 109 cm³/mol. The lowest BCUT2D eigenvalue weighted by Crippen LogP contribution is -2.50. The molecule has 1 unspecified atom stereocenters. The van der Waals surface area contributed by atoms with E-state index >= 15 is 8.63 Å². The van der Waals surface area contributed by atoms with E-state index in [9.17, 15) is 0 Å². The molecule has 27 heavy (non-hydrogen) atoms. The molecule has 0 aromatic heterocycles. The highest BCUT2D eigenvalue weighted by atomic mass is 79.9. The monoisotopic (exact) mass is 431 g/mol. The molecule has 0 bridgehead atoms. The number of rotatable bonds is 3. The van der Waals surface area contributed by atoms with Crippen LogP contribution in [0.2, 0.25) is 0 Å². The summed E-state index contributed by atoms with van der Waals surface area (Å²) in [7, 11) is -4.22. The number of fused-ring (bicyclic) bond motifs is 4. The fourth-order valence-electron chi connectivity index (χ4n) is 4.31. The third-order valence-electron chi connectivity index (χ3n) is 5.62. The van der Waals surface area contributed by atoms with Crippen LogP contribution in [-0.2, 0) is 5.41 Å². The number of nitrogens with zero attached hydrogens (tertiary/aromatic N) is 1. The third kappa shape index (κ3) is 2.60. The largest absolute Gasteiger partial charge is 0.834 e. The van der Waals surface area contributed by atoms with E-state index in [1.165, 1.54) is 0 Å². The zero-order valence-corrected chi connectivity index (χ0v) is 17.2. The fraction of sp³-hybridized carbons (Fsp3) is 0.286. The Kier molecular flexibility index (Phi) is 4.11. The van der Waals surface area contributed by atoms with Gasteiger partial charge in [0.1, 0.15) is 0 Å². The van der Waals surface area contributed by atoms with E-state index in [-0.39, 0.29) is 5.75 Å². The van der Waals surface area contributed by atoms with Gasteiger partial charge in [-0.1, -0.05) is 41.9 Å². The molecule has 0 amide bonds. The normalized spacial score (nSPS) is 22.2. The van der Waals surface area contributed by atoms with E-state index in [1.54, 1.807) is 24.3 Å². The summed E-state index contributed by atoms with van der Waals surface area (Å²) < 4.78 is 37.5. The van der Waals surface area contributed by atoms with Gasteiger partial charge in [0.2, 0.25) is 0 Å². The molecule has 2 aromatic carbocycles. The summed E-state index contributed by atoms with van der Waals surface area (Å²) in [6, 6.07) is 11.0. The van der Waals surface area contributed by atoms with Gasteiger partial charge in [0, 0.05) is 16.1 Å². The first kappa shape index (κ1) is 18.4. The molecule has 2 aliphatic heterocycles. The zero-order valence-electron chi connectivity index (χ0n) is 15.6. The minimum Gasteiger partial charge on any atom is -0.599 e. The number of benzene rings is 2. The maximum atomic E-state index is 15.2. The molecule has 4 rings (SSSR count). The molecule has 0 fully saturated rings. The summed E-state index contributed by atoms with van der Waals surface area (Å²) in [6.07, 6.45) is 2.37. The molecule has 1 atom stereocenters. The smallest absolute Gasteiger partial charge is 0.599 e. The van der Waals surface area contributed by atoms with Crippen LogP contribution in [0.15, 0.2) is 53.5 Å². The van der Waals surface area contributed by atoms with Crippen molar-refractivity contribution in [1.82, 2.24) is 0 Å². The van der Waals surface area contributed by atoms with Gasteiger partial charge in [-0.15, -0.1) is 6.58 Å². The standard InChI is InChI=1S/C21H21BBrF2NO/c1-5-10-21(4)17-11-14(13(2)3)6-8-18(17)26-20(21)16-12-15(23)7-9-19(16)27-22(26,24)25/h5-9,11-13H,1,10H2,2-4H3. The van der Waals surface area contributed by atoms with E-state index < -0.39 is 12.5 Å². The van der Waals surface area contributed by atoms with Gasteiger partial charge in [-0.05, 0) is 49.1 Å². The van der Waals surface area contributed by atoms with Gasteiger partial charge in [-0.3, -0.25) is 0 Å². The Labute approximate surface area is 166 Å². The summed E-state index contributed by atoms with van der Waals surface area (Å²) in [5.41, 5.74) is 3.24. The van der Waals surface area contributed by atoms with Crippen LogP contribution in [0.5, 0.6) is 5.75 Å². The van der Waals surface area contributed by atoms with Crippen LogP contribution in [0.3, 0.4) is 0 Å². The molecule has 0 radical (unpaired) electrons. The van der Waals surface area contributed by atoms with E-state index in [4.69, 9.17) is 4.65 Å². The summed E-state index contributed by atoms with van der Waals surface area (Å²) in [5.74, 6) is 0.538. The van der Waals surface area contributed by atoms with Crippen LogP contribution < -0.4 is 4.65 Å². The molecule has 2 aromatic rings. The van der Waals surface area contributed by atoms with Crippen LogP contribution in [0.4, 0.5) is 14.3 Å². The first-order valence-electron chi connectivity index (χ1n) is 9.11. The highest BCUT2D eigenvalue weighted by Gasteiger charge is 2.61. The molecule has 0 N–H and O–H groups in total. The molecule has 2 nitrogen and oxygen atoms in total. The Bertz CT molecular complexity index is 1000. The molecule has 140 valence electrons.